The second-order valence-electron chi connectivity index (χ2n) is 8.72. The number of aliphatic hydroxyl groups is 1. The summed E-state index contributed by atoms with van der Waals surface area (Å²) in [6.07, 6.45) is 7.08. The van der Waals surface area contributed by atoms with E-state index in [0.29, 0.717) is 32.5 Å². The molecule has 2 aromatic rings. The van der Waals surface area contributed by atoms with Crippen molar-refractivity contribution in [3.63, 3.8) is 0 Å². The number of likely N-dealkylation sites (tertiary alicyclic amines) is 1. The number of halogens is 1. The molecule has 4 rings (SSSR count). The predicted molar refractivity (Wildman–Crippen MR) is 99.5 cm³/mol. The Hall–Kier alpha value is -2.21. The predicted octanol–water partition coefficient (Wildman–Crippen LogP) is 2.74. The minimum atomic E-state index is -0.820. The number of aromatic nitrogens is 2. The van der Waals surface area contributed by atoms with Crippen molar-refractivity contribution in [1.82, 2.24) is 14.5 Å². The average Bonchev–Trinajstić information content (AvgIpc) is 2.94. The Bertz CT molecular complexity index is 824. The van der Waals surface area contributed by atoms with Gasteiger partial charge in [-0.3, -0.25) is 4.79 Å². The van der Waals surface area contributed by atoms with Crippen LogP contribution in [-0.4, -0.2) is 44.2 Å². The molecule has 1 aliphatic heterocycles. The standard InChI is InChI=1S/C21H26FN3O2/c1-19(2)13-21(19,16-3-5-17(22)6-4-16)18(26)25-10-7-20(27,8-11-25)14-24-12-9-23-15-24/h3-6,9,12,15,27H,7-8,10-11,13-14H2,1-2H3/t21-/m1/s1. The summed E-state index contributed by atoms with van der Waals surface area (Å²) in [5.74, 6) is -0.189. The van der Waals surface area contributed by atoms with E-state index in [1.54, 1.807) is 24.7 Å². The van der Waals surface area contributed by atoms with Crippen molar-refractivity contribution in [2.24, 2.45) is 5.41 Å². The van der Waals surface area contributed by atoms with Crippen LogP contribution in [0.2, 0.25) is 0 Å². The van der Waals surface area contributed by atoms with Gasteiger partial charge in [0, 0.05) is 25.5 Å². The Morgan fingerprint density at radius 2 is 1.85 bits per heavy atom. The largest absolute Gasteiger partial charge is 0.388 e. The maximum absolute atomic E-state index is 13.4. The number of piperidine rings is 1. The smallest absolute Gasteiger partial charge is 0.233 e. The van der Waals surface area contributed by atoms with Gasteiger partial charge in [-0.05, 0) is 42.4 Å². The molecule has 1 aromatic carbocycles. The zero-order valence-corrected chi connectivity index (χ0v) is 15.9. The fraction of sp³-hybridized carbons (Fsp3) is 0.524. The van der Waals surface area contributed by atoms with Crippen LogP contribution < -0.4 is 0 Å². The topological polar surface area (TPSA) is 58.4 Å². The quantitative estimate of drug-likeness (QED) is 0.899. The van der Waals surface area contributed by atoms with Crippen molar-refractivity contribution < 1.29 is 14.3 Å². The van der Waals surface area contributed by atoms with E-state index in [4.69, 9.17) is 0 Å². The summed E-state index contributed by atoms with van der Waals surface area (Å²) >= 11 is 0. The van der Waals surface area contributed by atoms with Crippen molar-refractivity contribution in [2.75, 3.05) is 13.1 Å². The minimum absolute atomic E-state index is 0.101. The average molecular weight is 371 g/mol. The molecule has 1 saturated carbocycles. The van der Waals surface area contributed by atoms with Gasteiger partial charge in [-0.25, -0.2) is 9.37 Å². The van der Waals surface area contributed by atoms with Crippen LogP contribution in [0.25, 0.3) is 0 Å². The fourth-order valence-corrected chi connectivity index (χ4v) is 4.61. The Kier molecular flexibility index (Phi) is 4.14. The van der Waals surface area contributed by atoms with Crippen molar-refractivity contribution in [3.8, 4) is 0 Å². The Morgan fingerprint density at radius 1 is 1.22 bits per heavy atom. The third kappa shape index (κ3) is 3.06. The summed E-state index contributed by atoms with van der Waals surface area (Å²) in [5.41, 5.74) is -0.662. The van der Waals surface area contributed by atoms with E-state index in [0.717, 1.165) is 12.0 Å². The molecule has 6 heteroatoms. The molecule has 144 valence electrons. The molecule has 1 aromatic heterocycles. The number of benzene rings is 1. The molecule has 1 amide bonds. The van der Waals surface area contributed by atoms with Gasteiger partial charge in [0.2, 0.25) is 5.91 Å². The van der Waals surface area contributed by atoms with E-state index in [-0.39, 0.29) is 17.1 Å². The monoisotopic (exact) mass is 371 g/mol. The number of hydrogen-bond donors (Lipinski definition) is 1. The summed E-state index contributed by atoms with van der Waals surface area (Å²) in [6.45, 7) is 5.73. The summed E-state index contributed by atoms with van der Waals surface area (Å²) in [4.78, 5) is 19.3. The Balaban J connectivity index is 1.49. The van der Waals surface area contributed by atoms with Gasteiger partial charge in [0.25, 0.3) is 0 Å². The number of imidazole rings is 1. The first-order valence-corrected chi connectivity index (χ1v) is 9.49. The van der Waals surface area contributed by atoms with Crippen LogP contribution in [0.1, 0.15) is 38.7 Å². The molecule has 0 radical (unpaired) electrons. The highest BCUT2D eigenvalue weighted by atomic mass is 19.1. The first-order valence-electron chi connectivity index (χ1n) is 9.49. The highest BCUT2D eigenvalue weighted by Gasteiger charge is 2.68. The van der Waals surface area contributed by atoms with E-state index in [2.05, 4.69) is 18.8 Å². The molecule has 1 aliphatic carbocycles. The zero-order chi connectivity index (χ0) is 19.3. The summed E-state index contributed by atoms with van der Waals surface area (Å²) in [5, 5.41) is 10.9. The molecule has 2 fully saturated rings. The highest BCUT2D eigenvalue weighted by molar-refractivity contribution is 5.93. The molecule has 0 spiro atoms. The molecule has 0 unspecified atom stereocenters. The molecule has 2 aliphatic rings. The van der Waals surface area contributed by atoms with Crippen LogP contribution in [0.15, 0.2) is 43.0 Å². The molecular weight excluding hydrogens is 345 g/mol. The molecule has 1 atom stereocenters. The molecule has 2 heterocycles. The summed E-state index contributed by atoms with van der Waals surface area (Å²) < 4.78 is 15.2. The van der Waals surface area contributed by atoms with Gasteiger partial charge in [-0.15, -0.1) is 0 Å². The van der Waals surface area contributed by atoms with Gasteiger partial charge in [0.1, 0.15) is 5.82 Å². The van der Waals surface area contributed by atoms with Crippen LogP contribution in [0.5, 0.6) is 0 Å². The van der Waals surface area contributed by atoms with Gasteiger partial charge in [-0.1, -0.05) is 26.0 Å². The molecule has 27 heavy (non-hydrogen) atoms. The molecule has 1 saturated heterocycles. The SMILES string of the molecule is CC1(C)C[C@]1(C(=O)N1CCC(O)(Cn2ccnc2)CC1)c1ccc(F)cc1. The second-order valence-corrected chi connectivity index (χ2v) is 8.72. The van der Waals surface area contributed by atoms with E-state index in [1.165, 1.54) is 12.1 Å². The van der Waals surface area contributed by atoms with E-state index >= 15 is 0 Å². The number of amides is 1. The van der Waals surface area contributed by atoms with Crippen molar-refractivity contribution in [3.05, 3.63) is 54.4 Å². The number of nitrogens with zero attached hydrogens (tertiary/aromatic N) is 3. The number of carbonyl (C=O) groups is 1. The van der Waals surface area contributed by atoms with E-state index < -0.39 is 11.0 Å². The Labute approximate surface area is 158 Å². The lowest BCUT2D eigenvalue weighted by Crippen LogP contribution is -2.51. The highest BCUT2D eigenvalue weighted by Crippen LogP contribution is 2.65. The van der Waals surface area contributed by atoms with Gasteiger partial charge in [-0.2, -0.15) is 0 Å². The molecule has 1 N–H and O–H groups in total. The molecule has 5 nitrogen and oxygen atoms in total. The third-order valence-corrected chi connectivity index (χ3v) is 6.46. The van der Waals surface area contributed by atoms with E-state index in [9.17, 15) is 14.3 Å². The van der Waals surface area contributed by atoms with Crippen molar-refractivity contribution >= 4 is 5.91 Å². The summed E-state index contributed by atoms with van der Waals surface area (Å²) in [7, 11) is 0. The molecule has 0 bridgehead atoms. The van der Waals surface area contributed by atoms with Crippen LogP contribution in [0, 0.1) is 11.2 Å². The second kappa shape index (κ2) is 6.16. The normalized spacial score (nSPS) is 26.0. The summed E-state index contributed by atoms with van der Waals surface area (Å²) in [6, 6.07) is 6.33. The van der Waals surface area contributed by atoms with E-state index in [1.807, 2.05) is 15.7 Å². The zero-order valence-electron chi connectivity index (χ0n) is 15.9. The first-order chi connectivity index (χ1) is 12.8. The number of hydrogen-bond acceptors (Lipinski definition) is 3. The van der Waals surface area contributed by atoms with Crippen molar-refractivity contribution in [1.29, 1.82) is 0 Å². The lowest BCUT2D eigenvalue weighted by Gasteiger charge is -2.40. The lowest BCUT2D eigenvalue weighted by molar-refractivity contribution is -0.139. The van der Waals surface area contributed by atoms with Gasteiger partial charge >= 0.3 is 0 Å². The number of carbonyl (C=O) groups excluding carboxylic acids is 1. The number of rotatable bonds is 4. The van der Waals surface area contributed by atoms with Crippen LogP contribution in [0.3, 0.4) is 0 Å². The van der Waals surface area contributed by atoms with Gasteiger partial charge < -0.3 is 14.6 Å². The Morgan fingerprint density at radius 3 is 2.37 bits per heavy atom. The van der Waals surface area contributed by atoms with Gasteiger partial charge in [0.05, 0.1) is 23.9 Å². The molecular formula is C21H26FN3O2. The first kappa shape index (κ1) is 18.2. The van der Waals surface area contributed by atoms with Crippen LogP contribution in [-0.2, 0) is 16.8 Å². The van der Waals surface area contributed by atoms with Crippen molar-refractivity contribution in [2.45, 2.75) is 50.7 Å². The maximum Gasteiger partial charge on any atom is 0.233 e. The third-order valence-electron chi connectivity index (χ3n) is 6.46. The minimum Gasteiger partial charge on any atom is -0.388 e. The van der Waals surface area contributed by atoms with Crippen LogP contribution in [0.4, 0.5) is 4.39 Å². The lowest BCUT2D eigenvalue weighted by atomic mass is 9.84. The maximum atomic E-state index is 13.4. The van der Waals surface area contributed by atoms with Gasteiger partial charge in [0.15, 0.2) is 0 Å². The fourth-order valence-electron chi connectivity index (χ4n) is 4.61. The van der Waals surface area contributed by atoms with Crippen LogP contribution >= 0.6 is 0 Å².